The number of hydrogen-bond donors (Lipinski definition) is 2. The number of rotatable bonds is 6. The summed E-state index contributed by atoms with van der Waals surface area (Å²) in [5, 5.41) is 22.9. The van der Waals surface area contributed by atoms with Crippen LogP contribution in [0.4, 0.5) is 11.4 Å². The van der Waals surface area contributed by atoms with E-state index in [0.717, 1.165) is 7.11 Å². The highest BCUT2D eigenvalue weighted by atomic mass is 79.9. The van der Waals surface area contributed by atoms with Gasteiger partial charge in [0.2, 0.25) is 0 Å². The van der Waals surface area contributed by atoms with Crippen molar-refractivity contribution in [3.8, 4) is 0 Å². The number of carbonyl (C=O) groups excluding carboxylic acids is 2. The first kappa shape index (κ1) is 19.2. The van der Waals surface area contributed by atoms with Gasteiger partial charge in [0, 0.05) is 11.0 Å². The van der Waals surface area contributed by atoms with E-state index in [-0.39, 0.29) is 46.1 Å². The minimum absolute atomic E-state index is 0.00197. The van der Waals surface area contributed by atoms with Gasteiger partial charge in [-0.1, -0.05) is 11.6 Å². The molecule has 0 saturated heterocycles. The number of nitrogens with zero attached hydrogens (tertiary/aromatic N) is 2. The number of anilines is 1. The van der Waals surface area contributed by atoms with Crippen LogP contribution >= 0.6 is 27.5 Å². The minimum atomic E-state index is -0.753. The molecule has 11 heteroatoms. The van der Waals surface area contributed by atoms with Crippen LogP contribution in [-0.2, 0) is 14.3 Å². The summed E-state index contributed by atoms with van der Waals surface area (Å²) in [7, 11) is 1.16. The summed E-state index contributed by atoms with van der Waals surface area (Å²) in [5.74, 6) is -1.34. The number of halogens is 2. The van der Waals surface area contributed by atoms with Gasteiger partial charge < -0.3 is 20.1 Å². The van der Waals surface area contributed by atoms with E-state index in [1.807, 2.05) is 0 Å². The van der Waals surface area contributed by atoms with Crippen molar-refractivity contribution in [1.82, 2.24) is 4.90 Å². The summed E-state index contributed by atoms with van der Waals surface area (Å²) in [6.07, 6.45) is 0. The van der Waals surface area contributed by atoms with E-state index in [1.165, 1.54) is 17.0 Å². The monoisotopic (exact) mass is 433 g/mol. The molecule has 25 heavy (non-hydrogen) atoms. The van der Waals surface area contributed by atoms with Crippen molar-refractivity contribution in [3.63, 3.8) is 0 Å². The van der Waals surface area contributed by atoms with Gasteiger partial charge in [-0.05, 0) is 28.1 Å². The molecule has 1 aromatic carbocycles. The second-order valence-corrected chi connectivity index (χ2v) is 6.19. The molecule has 0 fully saturated rings. The molecule has 0 bridgehead atoms. The van der Waals surface area contributed by atoms with Crippen molar-refractivity contribution in [1.29, 1.82) is 0 Å². The standard InChI is InChI=1S/C14H13BrClN3O6/c1-25-14(22)7-6-18(4-5-20)13(21)10(7)17-11-8(15)2-3-9(16)12(11)19(23)24/h2-3,17,20H,4-6H2,1H3. The summed E-state index contributed by atoms with van der Waals surface area (Å²) in [6.45, 7) is -0.377. The Hall–Kier alpha value is -2.17. The third-order valence-corrected chi connectivity index (χ3v) is 4.43. The Bertz CT molecular complexity index is 782. The first-order chi connectivity index (χ1) is 11.8. The van der Waals surface area contributed by atoms with Gasteiger partial charge in [0.05, 0.1) is 30.8 Å². The first-order valence-corrected chi connectivity index (χ1v) is 8.09. The Morgan fingerprint density at radius 3 is 2.80 bits per heavy atom. The molecule has 1 heterocycles. The number of β-amino-alcohol motifs (C(OH)–C–C–N with tert-alkyl or cyclic N) is 1. The number of amides is 1. The fourth-order valence-corrected chi connectivity index (χ4v) is 2.96. The van der Waals surface area contributed by atoms with Gasteiger partial charge >= 0.3 is 11.7 Å². The summed E-state index contributed by atoms with van der Waals surface area (Å²) in [5.41, 5.74) is -0.664. The summed E-state index contributed by atoms with van der Waals surface area (Å²) in [4.78, 5) is 36.3. The van der Waals surface area contributed by atoms with Crippen LogP contribution in [0.2, 0.25) is 5.02 Å². The maximum atomic E-state index is 12.5. The quantitative estimate of drug-likeness (QED) is 0.397. The van der Waals surface area contributed by atoms with Crippen LogP contribution in [0.5, 0.6) is 0 Å². The molecule has 2 N–H and O–H groups in total. The maximum absolute atomic E-state index is 12.5. The lowest BCUT2D eigenvalue weighted by molar-refractivity contribution is -0.383. The lowest BCUT2D eigenvalue weighted by Crippen LogP contribution is -2.31. The number of nitro groups is 1. The van der Waals surface area contributed by atoms with Gasteiger partial charge in [-0.25, -0.2) is 4.79 Å². The number of benzene rings is 1. The van der Waals surface area contributed by atoms with Gasteiger partial charge in [0.15, 0.2) is 0 Å². The highest BCUT2D eigenvalue weighted by Crippen LogP contribution is 2.40. The van der Waals surface area contributed by atoms with Crippen LogP contribution in [0.3, 0.4) is 0 Å². The number of aliphatic hydroxyl groups is 1. The van der Waals surface area contributed by atoms with Gasteiger partial charge in [-0.15, -0.1) is 0 Å². The Morgan fingerprint density at radius 1 is 1.56 bits per heavy atom. The number of hydrogen-bond acceptors (Lipinski definition) is 7. The van der Waals surface area contributed by atoms with Gasteiger partial charge in [0.25, 0.3) is 5.91 Å². The fourth-order valence-electron chi connectivity index (χ4n) is 2.31. The Morgan fingerprint density at radius 2 is 2.24 bits per heavy atom. The lowest BCUT2D eigenvalue weighted by atomic mass is 10.2. The molecule has 134 valence electrons. The zero-order valence-corrected chi connectivity index (χ0v) is 15.3. The summed E-state index contributed by atoms with van der Waals surface area (Å²) in [6, 6.07) is 2.81. The Balaban J connectivity index is 2.53. The number of nitro benzene ring substituents is 1. The van der Waals surface area contributed by atoms with E-state index in [0.29, 0.717) is 0 Å². The molecule has 0 aromatic heterocycles. The fraction of sp³-hybridized carbons (Fsp3) is 0.286. The second-order valence-electron chi connectivity index (χ2n) is 4.93. The molecule has 1 aromatic rings. The molecule has 0 radical (unpaired) electrons. The van der Waals surface area contributed by atoms with E-state index in [2.05, 4.69) is 26.0 Å². The van der Waals surface area contributed by atoms with Crippen LogP contribution in [0.25, 0.3) is 0 Å². The Labute approximate surface area is 155 Å². The number of nitrogens with one attached hydrogen (secondary N) is 1. The molecular weight excluding hydrogens is 422 g/mol. The van der Waals surface area contributed by atoms with E-state index in [1.54, 1.807) is 0 Å². The molecule has 9 nitrogen and oxygen atoms in total. The average molecular weight is 435 g/mol. The number of aliphatic hydroxyl groups excluding tert-OH is 1. The maximum Gasteiger partial charge on any atom is 0.337 e. The van der Waals surface area contributed by atoms with Crippen molar-refractivity contribution in [2.75, 3.05) is 32.1 Å². The summed E-state index contributed by atoms with van der Waals surface area (Å²) < 4.78 is 4.94. The van der Waals surface area contributed by atoms with Gasteiger partial charge in [-0.2, -0.15) is 0 Å². The molecular formula is C14H13BrClN3O6. The SMILES string of the molecule is COC(=O)C1=C(Nc2c(Br)ccc(Cl)c2[N+](=O)[O-])C(=O)N(CCO)C1. The normalized spacial score (nSPS) is 14.1. The minimum Gasteiger partial charge on any atom is -0.466 e. The molecule has 0 spiro atoms. The summed E-state index contributed by atoms with van der Waals surface area (Å²) >= 11 is 9.05. The molecule has 2 rings (SSSR count). The zero-order chi connectivity index (χ0) is 18.7. The van der Waals surface area contributed by atoms with Crippen molar-refractivity contribution in [2.45, 2.75) is 0 Å². The van der Waals surface area contributed by atoms with Crippen molar-refractivity contribution in [3.05, 3.63) is 43.0 Å². The van der Waals surface area contributed by atoms with Crippen molar-refractivity contribution >= 4 is 50.8 Å². The predicted octanol–water partition coefficient (Wildman–Crippen LogP) is 1.68. The number of carbonyl (C=O) groups is 2. The highest BCUT2D eigenvalue weighted by molar-refractivity contribution is 9.10. The van der Waals surface area contributed by atoms with E-state index < -0.39 is 22.5 Å². The largest absolute Gasteiger partial charge is 0.466 e. The number of ether oxygens (including phenoxy) is 1. The molecule has 0 aliphatic carbocycles. The molecule has 1 aliphatic rings. The average Bonchev–Trinajstić information content (AvgIpc) is 2.87. The number of esters is 1. The smallest absolute Gasteiger partial charge is 0.337 e. The molecule has 1 aliphatic heterocycles. The van der Waals surface area contributed by atoms with Crippen LogP contribution in [0.15, 0.2) is 27.9 Å². The third kappa shape index (κ3) is 3.75. The molecule has 0 saturated carbocycles. The Kier molecular flexibility index (Phi) is 5.98. The van der Waals surface area contributed by atoms with E-state index in [4.69, 9.17) is 16.7 Å². The lowest BCUT2D eigenvalue weighted by Gasteiger charge is -2.15. The van der Waals surface area contributed by atoms with Crippen LogP contribution < -0.4 is 5.32 Å². The predicted molar refractivity (Wildman–Crippen MR) is 92.1 cm³/mol. The number of methoxy groups -OCH3 is 1. The zero-order valence-electron chi connectivity index (χ0n) is 12.9. The van der Waals surface area contributed by atoms with Gasteiger partial charge in [-0.3, -0.25) is 14.9 Å². The van der Waals surface area contributed by atoms with E-state index >= 15 is 0 Å². The van der Waals surface area contributed by atoms with Crippen LogP contribution in [0.1, 0.15) is 0 Å². The van der Waals surface area contributed by atoms with Crippen molar-refractivity contribution in [2.24, 2.45) is 0 Å². The topological polar surface area (TPSA) is 122 Å². The van der Waals surface area contributed by atoms with Crippen LogP contribution in [-0.4, -0.2) is 53.6 Å². The van der Waals surface area contributed by atoms with E-state index in [9.17, 15) is 19.7 Å². The molecule has 0 unspecified atom stereocenters. The second kappa shape index (κ2) is 7.81. The van der Waals surface area contributed by atoms with Gasteiger partial charge in [0.1, 0.15) is 16.4 Å². The van der Waals surface area contributed by atoms with Crippen molar-refractivity contribution < 1.29 is 24.4 Å². The third-order valence-electron chi connectivity index (χ3n) is 3.46. The molecule has 0 atom stereocenters. The molecule has 1 amide bonds. The highest BCUT2D eigenvalue weighted by Gasteiger charge is 2.36. The van der Waals surface area contributed by atoms with Crippen LogP contribution in [0, 0.1) is 10.1 Å². The first-order valence-electron chi connectivity index (χ1n) is 6.92.